The zero-order chi connectivity index (χ0) is 27.6. The minimum Gasteiger partial charge on any atom is -0.423 e. The molecule has 0 spiro atoms. The summed E-state index contributed by atoms with van der Waals surface area (Å²) in [7, 11) is 0. The maximum atomic E-state index is 14.6. The van der Waals surface area contributed by atoms with Gasteiger partial charge in [0.2, 0.25) is 0 Å². The van der Waals surface area contributed by atoms with Crippen LogP contribution in [-0.2, 0) is 12.8 Å². The topological polar surface area (TPSA) is 69.7 Å². The molecular weight excluding hydrogens is 490 g/mol. The highest BCUT2D eigenvalue weighted by molar-refractivity contribution is 6.07. The molecule has 0 aliphatic heterocycles. The van der Waals surface area contributed by atoms with Gasteiger partial charge in [-0.25, -0.2) is 18.4 Å². The molecule has 2 unspecified atom stereocenters. The number of benzene rings is 3. The monoisotopic (exact) mass is 520 g/mol. The number of carbonyl (C=O) groups is 3. The molecule has 3 aromatic carbocycles. The molecule has 0 N–H and O–H groups in total. The maximum absolute atomic E-state index is 14.6. The summed E-state index contributed by atoms with van der Waals surface area (Å²) >= 11 is 0. The van der Waals surface area contributed by atoms with Crippen LogP contribution in [0.3, 0.4) is 0 Å². The van der Waals surface area contributed by atoms with Gasteiger partial charge in [0.25, 0.3) is 0 Å². The SMILES string of the molecule is CCCc1ccc(C(=O)Oc2ccc(OC(=O)c3ccc(CCC)cc3F)c3c2C(=O)C(C)C3C)c(F)c1. The first-order valence-corrected chi connectivity index (χ1v) is 12.9. The Balaban J connectivity index is 1.65. The molecule has 2 atom stereocenters. The molecule has 0 fully saturated rings. The van der Waals surface area contributed by atoms with Gasteiger partial charge in [0.05, 0.1) is 16.7 Å². The van der Waals surface area contributed by atoms with Crippen molar-refractivity contribution in [2.24, 2.45) is 5.92 Å². The molecular formula is C31H30F2O5. The first-order chi connectivity index (χ1) is 18.2. The zero-order valence-corrected chi connectivity index (χ0v) is 21.9. The molecule has 1 aliphatic carbocycles. The van der Waals surface area contributed by atoms with E-state index in [1.165, 1.54) is 36.4 Å². The van der Waals surface area contributed by atoms with Crippen LogP contribution in [0.15, 0.2) is 48.5 Å². The first kappa shape index (κ1) is 27.2. The van der Waals surface area contributed by atoms with Crippen LogP contribution in [-0.4, -0.2) is 17.7 Å². The van der Waals surface area contributed by atoms with Crippen molar-refractivity contribution in [1.82, 2.24) is 0 Å². The Bertz CT molecular complexity index is 1410. The largest absolute Gasteiger partial charge is 0.423 e. The van der Waals surface area contributed by atoms with E-state index in [1.807, 2.05) is 13.8 Å². The molecule has 7 heteroatoms. The zero-order valence-electron chi connectivity index (χ0n) is 21.9. The molecule has 5 nitrogen and oxygen atoms in total. The second-order valence-corrected chi connectivity index (χ2v) is 9.70. The quantitative estimate of drug-likeness (QED) is 0.231. The van der Waals surface area contributed by atoms with E-state index >= 15 is 0 Å². The van der Waals surface area contributed by atoms with Crippen molar-refractivity contribution < 1.29 is 32.6 Å². The number of carbonyl (C=O) groups excluding carboxylic acids is 3. The molecule has 198 valence electrons. The highest BCUT2D eigenvalue weighted by Gasteiger charge is 2.40. The van der Waals surface area contributed by atoms with Gasteiger partial charge < -0.3 is 9.47 Å². The lowest BCUT2D eigenvalue weighted by Crippen LogP contribution is -2.15. The Morgan fingerprint density at radius 2 is 1.21 bits per heavy atom. The fraction of sp³-hybridized carbons (Fsp3) is 0.323. The van der Waals surface area contributed by atoms with E-state index in [4.69, 9.17) is 9.47 Å². The summed E-state index contributed by atoms with van der Waals surface area (Å²) in [6, 6.07) is 11.5. The van der Waals surface area contributed by atoms with E-state index in [0.29, 0.717) is 18.4 Å². The molecule has 1 aliphatic rings. The van der Waals surface area contributed by atoms with Gasteiger partial charge in [-0.3, -0.25) is 4.79 Å². The second kappa shape index (κ2) is 11.3. The third-order valence-electron chi connectivity index (χ3n) is 7.02. The van der Waals surface area contributed by atoms with Gasteiger partial charge in [-0.1, -0.05) is 52.7 Å². The molecule has 0 heterocycles. The van der Waals surface area contributed by atoms with Gasteiger partial charge >= 0.3 is 11.9 Å². The Kier molecular flexibility index (Phi) is 8.05. The van der Waals surface area contributed by atoms with E-state index < -0.39 is 29.5 Å². The summed E-state index contributed by atoms with van der Waals surface area (Å²) in [5, 5.41) is 0. The number of hydrogen-bond acceptors (Lipinski definition) is 5. The van der Waals surface area contributed by atoms with Crippen LogP contribution in [0.5, 0.6) is 11.5 Å². The molecule has 0 bridgehead atoms. The lowest BCUT2D eigenvalue weighted by atomic mass is 9.95. The lowest BCUT2D eigenvalue weighted by molar-refractivity contribution is 0.0711. The normalized spacial score (nSPS) is 16.3. The summed E-state index contributed by atoms with van der Waals surface area (Å²) < 4.78 is 40.3. The lowest BCUT2D eigenvalue weighted by Gasteiger charge is -2.16. The fourth-order valence-corrected chi connectivity index (χ4v) is 4.81. The van der Waals surface area contributed by atoms with Crippen molar-refractivity contribution in [3.63, 3.8) is 0 Å². The van der Waals surface area contributed by atoms with Gasteiger partial charge in [-0.2, -0.15) is 0 Å². The number of fused-ring (bicyclic) bond motifs is 1. The Morgan fingerprint density at radius 3 is 1.68 bits per heavy atom. The predicted molar refractivity (Wildman–Crippen MR) is 139 cm³/mol. The van der Waals surface area contributed by atoms with E-state index in [2.05, 4.69) is 0 Å². The first-order valence-electron chi connectivity index (χ1n) is 12.9. The predicted octanol–water partition coefficient (Wildman–Crippen LogP) is 7.24. The van der Waals surface area contributed by atoms with Gasteiger partial charge in [0.15, 0.2) is 5.78 Å². The minimum absolute atomic E-state index is 0.0434. The van der Waals surface area contributed by atoms with E-state index in [-0.39, 0.29) is 39.9 Å². The number of Topliss-reactive ketones (excluding diaryl/α,β-unsaturated/α-hetero) is 1. The number of aryl methyl sites for hydroxylation is 2. The van der Waals surface area contributed by atoms with Crippen LogP contribution < -0.4 is 9.47 Å². The average Bonchev–Trinajstić information content (AvgIpc) is 3.10. The summed E-state index contributed by atoms with van der Waals surface area (Å²) in [4.78, 5) is 38.8. The van der Waals surface area contributed by atoms with Gasteiger partial charge in [0, 0.05) is 11.5 Å². The van der Waals surface area contributed by atoms with Crippen LogP contribution in [0.1, 0.15) is 94.2 Å². The fourth-order valence-electron chi connectivity index (χ4n) is 4.81. The highest BCUT2D eigenvalue weighted by atomic mass is 19.1. The van der Waals surface area contributed by atoms with Gasteiger partial charge in [-0.05, 0) is 66.3 Å². The number of hydrogen-bond donors (Lipinski definition) is 0. The Morgan fingerprint density at radius 1 is 0.737 bits per heavy atom. The summed E-state index contributed by atoms with van der Waals surface area (Å²) in [6.07, 6.45) is 3.04. The van der Waals surface area contributed by atoms with Crippen LogP contribution >= 0.6 is 0 Å². The number of halogens is 2. The summed E-state index contributed by atoms with van der Waals surface area (Å²) in [5.41, 5.74) is 1.57. The van der Waals surface area contributed by atoms with Crippen LogP contribution in [0.25, 0.3) is 0 Å². The second-order valence-electron chi connectivity index (χ2n) is 9.70. The molecule has 4 rings (SSSR count). The third kappa shape index (κ3) is 5.23. The summed E-state index contributed by atoms with van der Waals surface area (Å²) in [6.45, 7) is 7.47. The Labute approximate surface area is 220 Å². The number of rotatable bonds is 8. The Hall–Kier alpha value is -3.87. The van der Waals surface area contributed by atoms with Crippen molar-refractivity contribution in [2.75, 3.05) is 0 Å². The number of esters is 2. The summed E-state index contributed by atoms with van der Waals surface area (Å²) in [5.74, 6) is -4.31. The standard InChI is InChI=1S/C31H30F2O5/c1-5-7-19-9-11-21(23(32)15-19)30(35)37-25-13-14-26(28-27(25)17(3)18(4)29(28)34)38-31(36)22-12-10-20(8-6-2)16-24(22)33/h9-18H,5-8H2,1-4H3. The van der Waals surface area contributed by atoms with E-state index in [0.717, 1.165) is 24.0 Å². The smallest absolute Gasteiger partial charge is 0.346 e. The van der Waals surface area contributed by atoms with Crippen LogP contribution in [0.2, 0.25) is 0 Å². The van der Waals surface area contributed by atoms with E-state index in [1.54, 1.807) is 26.0 Å². The van der Waals surface area contributed by atoms with Crippen LogP contribution in [0, 0.1) is 17.6 Å². The molecule has 0 saturated carbocycles. The van der Waals surface area contributed by atoms with Gasteiger partial charge in [0.1, 0.15) is 23.1 Å². The molecule has 0 radical (unpaired) electrons. The van der Waals surface area contributed by atoms with Crippen molar-refractivity contribution >= 4 is 17.7 Å². The molecule has 0 amide bonds. The average molecular weight is 521 g/mol. The molecule has 0 aromatic heterocycles. The van der Waals surface area contributed by atoms with Crippen molar-refractivity contribution in [1.29, 1.82) is 0 Å². The van der Waals surface area contributed by atoms with Crippen LogP contribution in [0.4, 0.5) is 8.78 Å². The third-order valence-corrected chi connectivity index (χ3v) is 7.02. The van der Waals surface area contributed by atoms with Gasteiger partial charge in [-0.15, -0.1) is 0 Å². The number of ketones is 1. The maximum Gasteiger partial charge on any atom is 0.346 e. The van der Waals surface area contributed by atoms with E-state index in [9.17, 15) is 23.2 Å². The minimum atomic E-state index is -0.938. The molecule has 3 aromatic rings. The molecule has 38 heavy (non-hydrogen) atoms. The van der Waals surface area contributed by atoms with Crippen molar-refractivity contribution in [2.45, 2.75) is 59.3 Å². The van der Waals surface area contributed by atoms with Crippen molar-refractivity contribution in [3.8, 4) is 11.5 Å². The molecule has 0 saturated heterocycles. The van der Waals surface area contributed by atoms with Crippen molar-refractivity contribution in [3.05, 3.63) is 93.5 Å². The number of ether oxygens (including phenoxy) is 2. The highest BCUT2D eigenvalue weighted by Crippen LogP contribution is 2.47.